The third-order valence-electron chi connectivity index (χ3n) is 6.11. The summed E-state index contributed by atoms with van der Waals surface area (Å²) in [6.07, 6.45) is 9.49. The fraction of sp³-hybridized carbons (Fsp3) is 0.417. The Labute approximate surface area is 192 Å². The number of nitrogens with one attached hydrogen (secondary N) is 1. The van der Waals surface area contributed by atoms with E-state index in [4.69, 9.17) is 14.5 Å². The molecule has 5 rings (SSSR count). The van der Waals surface area contributed by atoms with Crippen LogP contribution in [0.5, 0.6) is 11.5 Å². The van der Waals surface area contributed by atoms with E-state index in [1.807, 2.05) is 42.0 Å². The highest BCUT2D eigenvalue weighted by Crippen LogP contribution is 2.32. The van der Waals surface area contributed by atoms with Crippen LogP contribution < -0.4 is 19.7 Å². The maximum absolute atomic E-state index is 12.5. The number of aryl methyl sites for hydroxylation is 1. The number of benzene rings is 1. The SMILES string of the molecule is Cc1cc(N2CCCC2CCC(=O)NCCc2ccc3c(c2)OCO3)nc(-n2ccnc2)n1. The van der Waals surface area contributed by atoms with Gasteiger partial charge in [-0.05, 0) is 50.3 Å². The maximum Gasteiger partial charge on any atom is 0.237 e. The summed E-state index contributed by atoms with van der Waals surface area (Å²) in [6, 6.07) is 8.23. The minimum absolute atomic E-state index is 0.0839. The summed E-state index contributed by atoms with van der Waals surface area (Å²) in [5.41, 5.74) is 2.03. The van der Waals surface area contributed by atoms with Gasteiger partial charge in [-0.3, -0.25) is 9.36 Å². The van der Waals surface area contributed by atoms with Gasteiger partial charge in [0.2, 0.25) is 18.6 Å². The van der Waals surface area contributed by atoms with Crippen molar-refractivity contribution in [1.29, 1.82) is 0 Å². The van der Waals surface area contributed by atoms with Crippen molar-refractivity contribution in [2.75, 3.05) is 24.8 Å². The van der Waals surface area contributed by atoms with Gasteiger partial charge in [0.1, 0.15) is 12.1 Å². The van der Waals surface area contributed by atoms with Crippen LogP contribution in [0.25, 0.3) is 5.95 Å². The lowest BCUT2D eigenvalue weighted by molar-refractivity contribution is -0.121. The lowest BCUT2D eigenvalue weighted by Crippen LogP contribution is -2.33. The van der Waals surface area contributed by atoms with Gasteiger partial charge in [0.15, 0.2) is 11.5 Å². The summed E-state index contributed by atoms with van der Waals surface area (Å²) in [4.78, 5) is 28.2. The standard InChI is InChI=1S/C24H28N6O3/c1-17-13-22(28-24(27-17)29-12-10-25-15-29)30-11-2-3-19(30)5-7-23(31)26-9-8-18-4-6-20-21(14-18)33-16-32-20/h4,6,10,12-15,19H,2-3,5,7-9,11,16H2,1H3,(H,26,31). The largest absolute Gasteiger partial charge is 0.454 e. The Kier molecular flexibility index (Phi) is 6.10. The lowest BCUT2D eigenvalue weighted by Gasteiger charge is -2.26. The van der Waals surface area contributed by atoms with Crippen molar-refractivity contribution >= 4 is 11.7 Å². The number of carbonyl (C=O) groups excluding carboxylic acids is 1. The molecule has 0 bridgehead atoms. The average Bonchev–Trinajstić information content (AvgIpc) is 3.59. The molecule has 9 heteroatoms. The monoisotopic (exact) mass is 448 g/mol. The summed E-state index contributed by atoms with van der Waals surface area (Å²) in [5.74, 6) is 3.17. The molecule has 1 aromatic carbocycles. The van der Waals surface area contributed by atoms with E-state index in [0.29, 0.717) is 25.0 Å². The molecule has 9 nitrogen and oxygen atoms in total. The molecule has 0 radical (unpaired) electrons. The highest BCUT2D eigenvalue weighted by atomic mass is 16.7. The normalized spacial score (nSPS) is 16.9. The summed E-state index contributed by atoms with van der Waals surface area (Å²) in [5, 5.41) is 3.05. The third kappa shape index (κ3) is 4.92. The molecule has 4 heterocycles. The molecule has 2 aliphatic rings. The molecule has 0 aliphatic carbocycles. The zero-order chi connectivity index (χ0) is 22.6. The van der Waals surface area contributed by atoms with E-state index in [-0.39, 0.29) is 12.7 Å². The molecule has 1 fully saturated rings. The number of imidazole rings is 1. The number of amides is 1. The number of nitrogens with zero attached hydrogens (tertiary/aromatic N) is 5. The van der Waals surface area contributed by atoms with Crippen molar-refractivity contribution in [2.24, 2.45) is 0 Å². The van der Waals surface area contributed by atoms with E-state index in [2.05, 4.69) is 20.2 Å². The molecule has 1 saturated heterocycles. The Morgan fingerprint density at radius 1 is 1.21 bits per heavy atom. The topological polar surface area (TPSA) is 94.4 Å². The van der Waals surface area contributed by atoms with Gasteiger partial charge in [-0.1, -0.05) is 6.07 Å². The minimum Gasteiger partial charge on any atom is -0.454 e. The minimum atomic E-state index is 0.0839. The number of rotatable bonds is 8. The second-order valence-electron chi connectivity index (χ2n) is 8.45. The molecule has 1 unspecified atom stereocenters. The van der Waals surface area contributed by atoms with E-state index in [9.17, 15) is 4.79 Å². The van der Waals surface area contributed by atoms with Crippen LogP contribution in [0.2, 0.25) is 0 Å². The molecule has 0 spiro atoms. The Hall–Kier alpha value is -3.62. The van der Waals surface area contributed by atoms with Gasteiger partial charge in [-0.25, -0.2) is 9.97 Å². The van der Waals surface area contributed by atoms with E-state index in [0.717, 1.165) is 60.8 Å². The molecule has 1 amide bonds. The summed E-state index contributed by atoms with van der Waals surface area (Å²) in [6.45, 7) is 3.79. The van der Waals surface area contributed by atoms with Crippen LogP contribution >= 0.6 is 0 Å². The van der Waals surface area contributed by atoms with E-state index in [1.165, 1.54) is 0 Å². The van der Waals surface area contributed by atoms with E-state index in [1.54, 1.807) is 12.5 Å². The van der Waals surface area contributed by atoms with Gasteiger partial charge in [-0.15, -0.1) is 0 Å². The second-order valence-corrected chi connectivity index (χ2v) is 8.45. The Morgan fingerprint density at radius 2 is 2.12 bits per heavy atom. The number of hydrogen-bond acceptors (Lipinski definition) is 7. The summed E-state index contributed by atoms with van der Waals surface area (Å²) < 4.78 is 12.6. The number of hydrogen-bond donors (Lipinski definition) is 1. The fourth-order valence-corrected chi connectivity index (χ4v) is 4.44. The smallest absolute Gasteiger partial charge is 0.237 e. The Morgan fingerprint density at radius 3 is 3.00 bits per heavy atom. The van der Waals surface area contributed by atoms with Crippen LogP contribution in [0.4, 0.5) is 5.82 Å². The van der Waals surface area contributed by atoms with E-state index >= 15 is 0 Å². The van der Waals surface area contributed by atoms with Crippen LogP contribution in [-0.4, -0.2) is 51.4 Å². The molecule has 172 valence electrons. The predicted molar refractivity (Wildman–Crippen MR) is 123 cm³/mol. The third-order valence-corrected chi connectivity index (χ3v) is 6.11. The van der Waals surface area contributed by atoms with Gasteiger partial charge in [-0.2, -0.15) is 4.98 Å². The van der Waals surface area contributed by atoms with Crippen molar-refractivity contribution in [3.8, 4) is 17.4 Å². The van der Waals surface area contributed by atoms with Gasteiger partial charge in [0.25, 0.3) is 0 Å². The molecule has 2 aliphatic heterocycles. The summed E-state index contributed by atoms with van der Waals surface area (Å²) >= 11 is 0. The Balaban J connectivity index is 1.13. The highest BCUT2D eigenvalue weighted by molar-refractivity contribution is 5.76. The zero-order valence-corrected chi connectivity index (χ0v) is 18.7. The molecular formula is C24H28N6O3. The maximum atomic E-state index is 12.5. The first kappa shape index (κ1) is 21.2. The average molecular weight is 449 g/mol. The van der Waals surface area contributed by atoms with Crippen LogP contribution in [0.1, 0.15) is 36.9 Å². The fourth-order valence-electron chi connectivity index (χ4n) is 4.44. The van der Waals surface area contributed by atoms with Crippen molar-refractivity contribution < 1.29 is 14.3 Å². The number of ether oxygens (including phenoxy) is 2. The second kappa shape index (κ2) is 9.48. The van der Waals surface area contributed by atoms with Gasteiger partial charge >= 0.3 is 0 Å². The van der Waals surface area contributed by atoms with Gasteiger partial charge in [0, 0.05) is 49.7 Å². The molecule has 1 atom stereocenters. The van der Waals surface area contributed by atoms with Crippen molar-refractivity contribution in [3.63, 3.8) is 0 Å². The Bertz CT molecular complexity index is 1120. The van der Waals surface area contributed by atoms with Crippen LogP contribution in [0, 0.1) is 6.92 Å². The first-order chi connectivity index (χ1) is 16.2. The molecule has 0 saturated carbocycles. The predicted octanol–water partition coefficient (Wildman–Crippen LogP) is 2.81. The number of fused-ring (bicyclic) bond motifs is 1. The number of anilines is 1. The first-order valence-corrected chi connectivity index (χ1v) is 11.4. The quantitative estimate of drug-likeness (QED) is 0.566. The van der Waals surface area contributed by atoms with Gasteiger partial charge in [0.05, 0.1) is 0 Å². The van der Waals surface area contributed by atoms with Crippen molar-refractivity contribution in [3.05, 3.63) is 54.2 Å². The lowest BCUT2D eigenvalue weighted by atomic mass is 10.1. The summed E-state index contributed by atoms with van der Waals surface area (Å²) in [7, 11) is 0. The zero-order valence-electron chi connectivity index (χ0n) is 18.7. The molecule has 2 aromatic heterocycles. The molecular weight excluding hydrogens is 420 g/mol. The van der Waals surface area contributed by atoms with Crippen LogP contribution in [0.15, 0.2) is 43.0 Å². The number of aromatic nitrogens is 4. The highest BCUT2D eigenvalue weighted by Gasteiger charge is 2.27. The molecule has 1 N–H and O–H groups in total. The number of carbonyl (C=O) groups is 1. The van der Waals surface area contributed by atoms with Crippen LogP contribution in [0.3, 0.4) is 0 Å². The van der Waals surface area contributed by atoms with Crippen molar-refractivity contribution in [2.45, 2.75) is 45.1 Å². The molecule has 3 aromatic rings. The van der Waals surface area contributed by atoms with Crippen molar-refractivity contribution in [1.82, 2.24) is 24.8 Å². The molecule has 33 heavy (non-hydrogen) atoms. The van der Waals surface area contributed by atoms with Crippen LogP contribution in [-0.2, 0) is 11.2 Å². The van der Waals surface area contributed by atoms with E-state index < -0.39 is 0 Å². The first-order valence-electron chi connectivity index (χ1n) is 11.4. The van der Waals surface area contributed by atoms with Gasteiger partial charge < -0.3 is 19.7 Å².